The molecule has 2 aromatic carbocycles. The molecule has 2 amide bonds. The number of pyridine rings is 1. The van der Waals surface area contributed by atoms with E-state index in [9.17, 15) is 9.59 Å². The Morgan fingerprint density at radius 1 is 0.938 bits per heavy atom. The highest BCUT2D eigenvalue weighted by Crippen LogP contribution is 2.19. The van der Waals surface area contributed by atoms with Crippen molar-refractivity contribution >= 4 is 23.1 Å². The Morgan fingerprint density at radius 2 is 1.78 bits per heavy atom. The van der Waals surface area contributed by atoms with Crippen molar-refractivity contribution in [3.8, 4) is 5.75 Å². The van der Waals surface area contributed by atoms with Crippen LogP contribution in [0.4, 0.5) is 5.69 Å². The van der Waals surface area contributed by atoms with Crippen LogP contribution in [0.25, 0.3) is 5.65 Å². The first-order chi connectivity index (χ1) is 15.7. The molecule has 2 heterocycles. The Balaban J connectivity index is 1.22. The van der Waals surface area contributed by atoms with Gasteiger partial charge in [-0.2, -0.15) is 0 Å². The van der Waals surface area contributed by atoms with Crippen molar-refractivity contribution in [2.45, 2.75) is 19.4 Å². The number of anilines is 1. The molecule has 32 heavy (non-hydrogen) atoms. The molecule has 162 valence electrons. The normalized spacial score (nSPS) is 10.6. The van der Waals surface area contributed by atoms with Gasteiger partial charge in [0, 0.05) is 37.1 Å². The molecule has 4 aromatic rings. The molecule has 0 atom stereocenters. The Morgan fingerprint density at radius 3 is 2.62 bits per heavy atom. The van der Waals surface area contributed by atoms with E-state index < -0.39 is 0 Å². The van der Waals surface area contributed by atoms with Crippen LogP contribution < -0.4 is 15.4 Å². The van der Waals surface area contributed by atoms with Crippen molar-refractivity contribution in [3.05, 3.63) is 96.4 Å². The molecule has 2 aromatic heterocycles. The molecule has 0 aliphatic carbocycles. The van der Waals surface area contributed by atoms with Gasteiger partial charge in [-0.1, -0.05) is 42.5 Å². The molecule has 7 nitrogen and oxygen atoms in total. The minimum Gasteiger partial charge on any atom is -0.487 e. The van der Waals surface area contributed by atoms with Crippen LogP contribution in [0.5, 0.6) is 5.75 Å². The van der Waals surface area contributed by atoms with Crippen LogP contribution in [-0.4, -0.2) is 27.7 Å². The molecule has 0 saturated carbocycles. The van der Waals surface area contributed by atoms with Crippen molar-refractivity contribution in [1.82, 2.24) is 14.7 Å². The number of rotatable bonds is 9. The number of nitrogens with zero attached hydrogens (tertiary/aromatic N) is 2. The molecule has 0 aliphatic heterocycles. The standard InChI is InChI=1S/C25H24N4O3/c30-24(12-13-26-25(31)15-19-7-2-1-3-8-19)28-20-9-6-10-22(16-20)32-18-21-17-29-14-5-4-11-23(29)27-21/h1-11,14,16-17H,12-13,15,18H2,(H,26,31)(H,28,30). The first-order valence-corrected chi connectivity index (χ1v) is 10.4. The van der Waals surface area contributed by atoms with E-state index in [0.29, 0.717) is 24.5 Å². The van der Waals surface area contributed by atoms with Crippen LogP contribution in [0.3, 0.4) is 0 Å². The second-order valence-corrected chi connectivity index (χ2v) is 7.33. The number of imidazole rings is 1. The zero-order valence-corrected chi connectivity index (χ0v) is 17.5. The van der Waals surface area contributed by atoms with Gasteiger partial charge in [-0.05, 0) is 29.8 Å². The average Bonchev–Trinajstić information content (AvgIpc) is 3.22. The van der Waals surface area contributed by atoms with Gasteiger partial charge in [-0.3, -0.25) is 9.59 Å². The van der Waals surface area contributed by atoms with E-state index in [1.807, 2.05) is 77.5 Å². The molecule has 0 spiro atoms. The van der Waals surface area contributed by atoms with E-state index in [1.54, 1.807) is 12.1 Å². The van der Waals surface area contributed by atoms with Gasteiger partial charge < -0.3 is 19.8 Å². The third kappa shape index (κ3) is 5.95. The Bertz CT molecular complexity index is 1170. The summed E-state index contributed by atoms with van der Waals surface area (Å²) in [6.45, 7) is 0.605. The number of hydrogen-bond acceptors (Lipinski definition) is 4. The number of ether oxygens (including phenoxy) is 1. The van der Waals surface area contributed by atoms with Crippen molar-refractivity contribution < 1.29 is 14.3 Å². The summed E-state index contributed by atoms with van der Waals surface area (Å²) >= 11 is 0. The fraction of sp³-hybridized carbons (Fsp3) is 0.160. The van der Waals surface area contributed by atoms with Gasteiger partial charge in [-0.25, -0.2) is 4.98 Å². The molecule has 0 bridgehead atoms. The number of nitrogens with one attached hydrogen (secondary N) is 2. The third-order valence-corrected chi connectivity index (χ3v) is 4.80. The first-order valence-electron chi connectivity index (χ1n) is 10.4. The van der Waals surface area contributed by atoms with Crippen LogP contribution in [0.2, 0.25) is 0 Å². The predicted octanol–water partition coefficient (Wildman–Crippen LogP) is 3.60. The summed E-state index contributed by atoms with van der Waals surface area (Å²) in [6, 6.07) is 22.5. The molecule has 0 fully saturated rings. The van der Waals surface area contributed by atoms with Gasteiger partial charge in [-0.15, -0.1) is 0 Å². The zero-order valence-electron chi connectivity index (χ0n) is 17.5. The van der Waals surface area contributed by atoms with Crippen molar-refractivity contribution in [3.63, 3.8) is 0 Å². The van der Waals surface area contributed by atoms with Crippen LogP contribution in [0.1, 0.15) is 17.7 Å². The highest BCUT2D eigenvalue weighted by molar-refractivity contribution is 5.91. The molecule has 0 unspecified atom stereocenters. The largest absolute Gasteiger partial charge is 0.487 e. The second kappa shape index (κ2) is 10.3. The minimum atomic E-state index is -0.178. The number of carbonyl (C=O) groups is 2. The van der Waals surface area contributed by atoms with E-state index in [1.165, 1.54) is 0 Å². The van der Waals surface area contributed by atoms with E-state index in [2.05, 4.69) is 15.6 Å². The number of carbonyl (C=O) groups excluding carboxylic acids is 2. The van der Waals surface area contributed by atoms with Crippen LogP contribution in [0.15, 0.2) is 85.2 Å². The lowest BCUT2D eigenvalue weighted by Gasteiger charge is -2.09. The average molecular weight is 428 g/mol. The summed E-state index contributed by atoms with van der Waals surface area (Å²) in [5.41, 5.74) is 3.26. The maximum absolute atomic E-state index is 12.2. The molecular formula is C25H24N4O3. The summed E-state index contributed by atoms with van der Waals surface area (Å²) in [7, 11) is 0. The van der Waals surface area contributed by atoms with Crippen LogP contribution in [-0.2, 0) is 22.6 Å². The zero-order chi connectivity index (χ0) is 22.2. The van der Waals surface area contributed by atoms with Gasteiger partial charge in [0.05, 0.1) is 12.1 Å². The summed E-state index contributed by atoms with van der Waals surface area (Å²) in [6.07, 6.45) is 4.35. The summed E-state index contributed by atoms with van der Waals surface area (Å²) in [5, 5.41) is 5.61. The van der Waals surface area contributed by atoms with Crippen molar-refractivity contribution in [1.29, 1.82) is 0 Å². The lowest BCUT2D eigenvalue weighted by Crippen LogP contribution is -2.28. The highest BCUT2D eigenvalue weighted by atomic mass is 16.5. The topological polar surface area (TPSA) is 84.7 Å². The van der Waals surface area contributed by atoms with Crippen molar-refractivity contribution in [2.24, 2.45) is 0 Å². The van der Waals surface area contributed by atoms with Gasteiger partial charge in [0.1, 0.15) is 18.0 Å². The third-order valence-electron chi connectivity index (χ3n) is 4.80. The number of fused-ring (bicyclic) bond motifs is 1. The molecule has 0 saturated heterocycles. The van der Waals surface area contributed by atoms with Crippen LogP contribution >= 0.6 is 0 Å². The molecule has 7 heteroatoms. The van der Waals surface area contributed by atoms with Gasteiger partial charge in [0.2, 0.25) is 11.8 Å². The number of hydrogen-bond donors (Lipinski definition) is 2. The van der Waals surface area contributed by atoms with Crippen molar-refractivity contribution in [2.75, 3.05) is 11.9 Å². The maximum atomic E-state index is 12.2. The second-order valence-electron chi connectivity index (χ2n) is 7.33. The molecule has 0 aliphatic rings. The van der Waals surface area contributed by atoms with E-state index >= 15 is 0 Å². The first kappa shape index (κ1) is 21.1. The fourth-order valence-corrected chi connectivity index (χ4v) is 3.26. The van der Waals surface area contributed by atoms with Crippen LogP contribution in [0, 0.1) is 0 Å². The summed E-state index contributed by atoms with van der Waals surface area (Å²) in [4.78, 5) is 28.7. The maximum Gasteiger partial charge on any atom is 0.226 e. The minimum absolute atomic E-state index is 0.105. The number of benzene rings is 2. The number of aromatic nitrogens is 2. The lowest BCUT2D eigenvalue weighted by molar-refractivity contribution is -0.120. The SMILES string of the molecule is O=C(Cc1ccccc1)NCCC(=O)Nc1cccc(OCc2cn3ccccc3n2)c1. The van der Waals surface area contributed by atoms with Gasteiger partial charge in [0.25, 0.3) is 0 Å². The van der Waals surface area contributed by atoms with E-state index in [4.69, 9.17) is 4.74 Å². The number of amides is 2. The van der Waals surface area contributed by atoms with E-state index in [-0.39, 0.29) is 24.8 Å². The smallest absolute Gasteiger partial charge is 0.226 e. The van der Waals surface area contributed by atoms with Gasteiger partial charge >= 0.3 is 0 Å². The quantitative estimate of drug-likeness (QED) is 0.427. The van der Waals surface area contributed by atoms with E-state index in [0.717, 1.165) is 16.9 Å². The summed E-state index contributed by atoms with van der Waals surface area (Å²) < 4.78 is 7.77. The fourth-order valence-electron chi connectivity index (χ4n) is 3.26. The van der Waals surface area contributed by atoms with Gasteiger partial charge in [0.15, 0.2) is 0 Å². The lowest BCUT2D eigenvalue weighted by atomic mass is 10.1. The molecular weight excluding hydrogens is 404 g/mol. The molecule has 0 radical (unpaired) electrons. The Kier molecular flexibility index (Phi) is 6.77. The molecule has 2 N–H and O–H groups in total. The highest BCUT2D eigenvalue weighted by Gasteiger charge is 2.07. The molecule has 4 rings (SSSR count). The monoisotopic (exact) mass is 428 g/mol. The predicted molar refractivity (Wildman–Crippen MR) is 122 cm³/mol. The summed E-state index contributed by atoms with van der Waals surface area (Å²) in [5.74, 6) is 0.352. The Hall–Kier alpha value is -4.13. The Labute approximate surface area is 186 Å².